The monoisotopic (exact) mass is 443 g/mol. The fraction of sp³-hybridized carbons (Fsp3) is 0.185. The Bertz CT molecular complexity index is 1200. The lowest BCUT2D eigenvalue weighted by Gasteiger charge is -2.17. The van der Waals surface area contributed by atoms with Gasteiger partial charge in [0.1, 0.15) is 5.75 Å². The molecule has 0 aliphatic carbocycles. The molecule has 3 aromatic carbocycles. The Morgan fingerprint density at radius 1 is 0.844 bits per heavy atom. The highest BCUT2D eigenvalue weighted by Crippen LogP contribution is 2.39. The number of imide groups is 1. The Kier molecular flexibility index (Phi) is 6.47. The van der Waals surface area contributed by atoms with Crippen molar-refractivity contribution in [2.75, 3.05) is 7.11 Å². The van der Waals surface area contributed by atoms with E-state index in [-0.39, 0.29) is 18.4 Å². The minimum absolute atomic E-state index is 0.172. The fourth-order valence-corrected chi connectivity index (χ4v) is 4.80. The molecule has 4 rings (SSSR count). The topological polar surface area (TPSA) is 46.6 Å². The van der Waals surface area contributed by atoms with E-state index in [1.165, 1.54) is 16.7 Å². The lowest BCUT2D eigenvalue weighted by atomic mass is 10.0. The zero-order chi connectivity index (χ0) is 22.7. The first-order valence-electron chi connectivity index (χ1n) is 10.5. The van der Waals surface area contributed by atoms with Crippen molar-refractivity contribution in [2.45, 2.75) is 26.1 Å². The largest absolute Gasteiger partial charge is 0.496 e. The average molecular weight is 444 g/mol. The predicted molar refractivity (Wildman–Crippen MR) is 129 cm³/mol. The summed E-state index contributed by atoms with van der Waals surface area (Å²) in [6.45, 7) is 4.23. The van der Waals surface area contributed by atoms with E-state index < -0.39 is 0 Å². The lowest BCUT2D eigenvalue weighted by Crippen LogP contribution is -2.31. The number of aryl methyl sites for hydroxylation is 2. The number of thioether (sulfide) groups is 1. The van der Waals surface area contributed by atoms with Crippen molar-refractivity contribution in [3.05, 3.63) is 106 Å². The fourth-order valence-electron chi connectivity index (χ4n) is 3.72. The first kappa shape index (κ1) is 21.9. The molecule has 0 spiro atoms. The molecular formula is C27H25NO3S. The number of para-hydroxylation sites is 1. The second-order valence-corrected chi connectivity index (χ2v) is 8.77. The molecule has 0 saturated carbocycles. The van der Waals surface area contributed by atoms with Crippen LogP contribution in [0.5, 0.6) is 5.75 Å². The Morgan fingerprint density at radius 2 is 1.56 bits per heavy atom. The number of methoxy groups -OCH3 is 1. The molecule has 3 aromatic rings. The third kappa shape index (κ3) is 4.34. The Balaban J connectivity index is 1.71. The van der Waals surface area contributed by atoms with Crippen LogP contribution in [-0.4, -0.2) is 23.8 Å². The molecular weight excluding hydrogens is 418 g/mol. The SMILES string of the molecule is COc1ccccc1CN1C(=O)C(SCc2ccccc2)=C(c2ccc(C)c(C)c2)C1=O. The highest BCUT2D eigenvalue weighted by atomic mass is 32.2. The van der Waals surface area contributed by atoms with Crippen LogP contribution in [0.4, 0.5) is 0 Å². The van der Waals surface area contributed by atoms with Crippen LogP contribution in [0, 0.1) is 13.8 Å². The zero-order valence-corrected chi connectivity index (χ0v) is 19.2. The molecule has 5 heteroatoms. The van der Waals surface area contributed by atoms with Gasteiger partial charge in [0, 0.05) is 11.3 Å². The van der Waals surface area contributed by atoms with E-state index in [2.05, 4.69) is 0 Å². The summed E-state index contributed by atoms with van der Waals surface area (Å²) in [5.74, 6) is 0.757. The van der Waals surface area contributed by atoms with Gasteiger partial charge in [0.2, 0.25) is 0 Å². The standard InChI is InChI=1S/C27H25NO3S/c1-18-13-14-21(15-19(18)2)24-25(32-17-20-9-5-4-6-10-20)27(30)28(26(24)29)16-22-11-7-8-12-23(22)31-3/h4-15H,16-17H2,1-3H3. The third-order valence-corrected chi connectivity index (χ3v) is 6.81. The van der Waals surface area contributed by atoms with Crippen molar-refractivity contribution in [2.24, 2.45) is 0 Å². The van der Waals surface area contributed by atoms with E-state index in [1.54, 1.807) is 7.11 Å². The third-order valence-electron chi connectivity index (χ3n) is 5.67. The van der Waals surface area contributed by atoms with Crippen LogP contribution in [0.25, 0.3) is 5.57 Å². The second kappa shape index (κ2) is 9.45. The van der Waals surface area contributed by atoms with Gasteiger partial charge in [0.05, 0.1) is 24.1 Å². The van der Waals surface area contributed by atoms with Gasteiger partial charge in [-0.1, -0.05) is 66.7 Å². The highest BCUT2D eigenvalue weighted by Gasteiger charge is 2.39. The Morgan fingerprint density at radius 3 is 2.28 bits per heavy atom. The summed E-state index contributed by atoms with van der Waals surface area (Å²) in [5.41, 5.74) is 5.40. The molecule has 0 fully saturated rings. The molecule has 0 radical (unpaired) electrons. The minimum Gasteiger partial charge on any atom is -0.496 e. The van der Waals surface area contributed by atoms with Gasteiger partial charge in [-0.2, -0.15) is 0 Å². The second-order valence-electron chi connectivity index (χ2n) is 7.79. The molecule has 4 nitrogen and oxygen atoms in total. The molecule has 1 heterocycles. The van der Waals surface area contributed by atoms with Crippen LogP contribution in [0.1, 0.15) is 27.8 Å². The van der Waals surface area contributed by atoms with E-state index in [0.29, 0.717) is 22.0 Å². The molecule has 0 saturated heterocycles. The number of carbonyl (C=O) groups excluding carboxylic acids is 2. The van der Waals surface area contributed by atoms with Gasteiger partial charge in [-0.05, 0) is 42.2 Å². The number of nitrogens with zero attached hydrogens (tertiary/aromatic N) is 1. The summed E-state index contributed by atoms with van der Waals surface area (Å²) >= 11 is 1.42. The van der Waals surface area contributed by atoms with Gasteiger partial charge in [-0.25, -0.2) is 0 Å². The van der Waals surface area contributed by atoms with Gasteiger partial charge in [-0.15, -0.1) is 11.8 Å². The van der Waals surface area contributed by atoms with Gasteiger partial charge < -0.3 is 4.74 Å². The molecule has 0 bridgehead atoms. The molecule has 0 unspecified atom stereocenters. The number of hydrogen-bond acceptors (Lipinski definition) is 4. The van der Waals surface area contributed by atoms with E-state index in [4.69, 9.17) is 4.74 Å². The highest BCUT2D eigenvalue weighted by molar-refractivity contribution is 8.03. The molecule has 0 aromatic heterocycles. The maximum Gasteiger partial charge on any atom is 0.268 e. The van der Waals surface area contributed by atoms with Crippen molar-refractivity contribution in [3.8, 4) is 5.75 Å². The van der Waals surface area contributed by atoms with Crippen molar-refractivity contribution in [1.29, 1.82) is 0 Å². The molecule has 0 N–H and O–H groups in total. The molecule has 162 valence electrons. The Hall–Kier alpha value is -3.31. The first-order valence-corrected chi connectivity index (χ1v) is 11.4. The summed E-state index contributed by atoms with van der Waals surface area (Å²) in [6.07, 6.45) is 0. The quantitative estimate of drug-likeness (QED) is 0.451. The van der Waals surface area contributed by atoms with E-state index in [9.17, 15) is 9.59 Å². The van der Waals surface area contributed by atoms with Crippen molar-refractivity contribution >= 4 is 29.1 Å². The summed E-state index contributed by atoms with van der Waals surface area (Å²) in [7, 11) is 1.59. The molecule has 1 aliphatic heterocycles. The minimum atomic E-state index is -0.264. The van der Waals surface area contributed by atoms with Crippen molar-refractivity contribution < 1.29 is 14.3 Å². The summed E-state index contributed by atoms with van der Waals surface area (Å²) in [4.78, 5) is 28.8. The Labute approximate surface area is 192 Å². The van der Waals surface area contributed by atoms with Crippen LogP contribution in [-0.2, 0) is 21.9 Å². The van der Waals surface area contributed by atoms with E-state index >= 15 is 0 Å². The van der Waals surface area contributed by atoms with Crippen LogP contribution in [0.15, 0.2) is 77.7 Å². The van der Waals surface area contributed by atoms with Crippen LogP contribution >= 0.6 is 11.8 Å². The van der Waals surface area contributed by atoms with E-state index in [1.807, 2.05) is 86.6 Å². The normalized spacial score (nSPS) is 13.8. The summed E-state index contributed by atoms with van der Waals surface area (Å²) < 4.78 is 5.43. The number of ether oxygens (including phenoxy) is 1. The van der Waals surface area contributed by atoms with Gasteiger partial charge in [0.15, 0.2) is 0 Å². The smallest absolute Gasteiger partial charge is 0.268 e. The average Bonchev–Trinajstić information content (AvgIpc) is 3.04. The van der Waals surface area contributed by atoms with Crippen LogP contribution in [0.3, 0.4) is 0 Å². The van der Waals surface area contributed by atoms with Crippen LogP contribution in [0.2, 0.25) is 0 Å². The van der Waals surface area contributed by atoms with Crippen molar-refractivity contribution in [3.63, 3.8) is 0 Å². The molecule has 32 heavy (non-hydrogen) atoms. The predicted octanol–water partition coefficient (Wildman–Crippen LogP) is 5.53. The van der Waals surface area contributed by atoms with Crippen LogP contribution < -0.4 is 4.74 Å². The molecule has 0 atom stereocenters. The van der Waals surface area contributed by atoms with Crippen molar-refractivity contribution in [1.82, 2.24) is 4.90 Å². The molecule has 1 aliphatic rings. The maximum absolute atomic E-state index is 13.5. The first-order chi connectivity index (χ1) is 15.5. The number of rotatable bonds is 7. The maximum atomic E-state index is 13.5. The lowest BCUT2D eigenvalue weighted by molar-refractivity contribution is -0.137. The number of benzene rings is 3. The van der Waals surface area contributed by atoms with Gasteiger partial charge in [0.25, 0.3) is 11.8 Å². The van der Waals surface area contributed by atoms with E-state index in [0.717, 1.165) is 27.8 Å². The summed E-state index contributed by atoms with van der Waals surface area (Å²) in [5, 5.41) is 0. The zero-order valence-electron chi connectivity index (χ0n) is 18.4. The molecule has 2 amide bonds. The summed E-state index contributed by atoms with van der Waals surface area (Å²) in [6, 6.07) is 23.4. The number of hydrogen-bond donors (Lipinski definition) is 0. The van der Waals surface area contributed by atoms with Gasteiger partial charge >= 0.3 is 0 Å². The number of carbonyl (C=O) groups is 2. The number of amides is 2. The van der Waals surface area contributed by atoms with Gasteiger partial charge in [-0.3, -0.25) is 14.5 Å².